The minimum absolute atomic E-state index is 0.517. The normalized spacial score (nSPS) is 15.8. The molecule has 0 atom stereocenters. The Kier molecular flexibility index (Phi) is 2.33. The molecule has 0 amide bonds. The second kappa shape index (κ2) is 3.85. The van der Waals surface area contributed by atoms with E-state index in [4.69, 9.17) is 4.42 Å². The van der Waals surface area contributed by atoms with Crippen LogP contribution in [-0.4, -0.2) is 34.3 Å². The molecule has 5 heteroatoms. The molecule has 0 radical (unpaired) electrons. The lowest BCUT2D eigenvalue weighted by Crippen LogP contribution is -2.30. The first-order valence-corrected chi connectivity index (χ1v) is 5.56. The number of nitrogens with zero attached hydrogens (tertiary/aromatic N) is 3. The molecule has 2 aromatic rings. The number of fused-ring (bicyclic) bond motifs is 1. The second-order valence-electron chi connectivity index (χ2n) is 4.25. The molecule has 0 saturated heterocycles. The van der Waals surface area contributed by atoms with Gasteiger partial charge < -0.3 is 8.98 Å². The number of carbonyl (C=O) groups excluding carboxylic acids is 1. The van der Waals surface area contributed by atoms with Gasteiger partial charge in [0, 0.05) is 19.6 Å². The zero-order valence-electron chi connectivity index (χ0n) is 9.59. The van der Waals surface area contributed by atoms with Crippen LogP contribution in [0.25, 0.3) is 11.6 Å². The molecule has 2 aromatic heterocycles. The molecule has 0 bridgehead atoms. The van der Waals surface area contributed by atoms with Crippen molar-refractivity contribution in [3.8, 4) is 11.6 Å². The predicted molar refractivity (Wildman–Crippen MR) is 61.7 cm³/mol. The molecule has 3 heterocycles. The highest BCUT2D eigenvalue weighted by Crippen LogP contribution is 2.25. The minimum atomic E-state index is 0.517. The zero-order valence-corrected chi connectivity index (χ0v) is 9.59. The van der Waals surface area contributed by atoms with Crippen molar-refractivity contribution in [1.29, 1.82) is 0 Å². The molecular weight excluding hydrogens is 218 g/mol. The highest BCUT2D eigenvalue weighted by Gasteiger charge is 2.23. The lowest BCUT2D eigenvalue weighted by atomic mass is 10.2. The van der Waals surface area contributed by atoms with Crippen molar-refractivity contribution in [2.45, 2.75) is 13.1 Å². The summed E-state index contributed by atoms with van der Waals surface area (Å²) < 4.78 is 7.43. The maximum absolute atomic E-state index is 11.0. The molecule has 0 unspecified atom stereocenters. The number of likely N-dealkylation sites (N-methyl/N-ethyl adjacent to an activating group) is 1. The van der Waals surface area contributed by atoms with Crippen LogP contribution in [0.1, 0.15) is 16.2 Å². The Hall–Kier alpha value is -1.88. The number of hydrogen-bond acceptors (Lipinski definition) is 4. The van der Waals surface area contributed by atoms with Crippen molar-refractivity contribution < 1.29 is 9.21 Å². The molecule has 5 nitrogen and oxygen atoms in total. The standard InChI is InChI=1S/C12H13N3O2/c1-14-4-5-15-10(7-14)9(8-16)13-12(15)11-3-2-6-17-11/h2-3,6,8H,4-5,7H2,1H3. The molecule has 88 valence electrons. The number of aldehydes is 1. The van der Waals surface area contributed by atoms with Gasteiger partial charge in [0.25, 0.3) is 0 Å². The molecule has 0 spiro atoms. The van der Waals surface area contributed by atoms with Crippen molar-refractivity contribution in [1.82, 2.24) is 14.5 Å². The summed E-state index contributed by atoms with van der Waals surface area (Å²) >= 11 is 0. The van der Waals surface area contributed by atoms with Crippen LogP contribution in [0.2, 0.25) is 0 Å². The van der Waals surface area contributed by atoms with E-state index in [-0.39, 0.29) is 0 Å². The van der Waals surface area contributed by atoms with Crippen LogP contribution in [0.5, 0.6) is 0 Å². The van der Waals surface area contributed by atoms with E-state index in [1.54, 1.807) is 6.26 Å². The van der Waals surface area contributed by atoms with Gasteiger partial charge in [-0.2, -0.15) is 0 Å². The van der Waals surface area contributed by atoms with Gasteiger partial charge in [-0.15, -0.1) is 0 Å². The highest BCUT2D eigenvalue weighted by atomic mass is 16.3. The molecule has 1 aliphatic rings. The molecule has 0 aliphatic carbocycles. The number of carbonyl (C=O) groups is 1. The summed E-state index contributed by atoms with van der Waals surface area (Å²) in [6.45, 7) is 2.54. The highest BCUT2D eigenvalue weighted by molar-refractivity contribution is 5.75. The fourth-order valence-electron chi connectivity index (χ4n) is 2.21. The number of hydrogen-bond donors (Lipinski definition) is 0. The van der Waals surface area contributed by atoms with Crippen molar-refractivity contribution >= 4 is 6.29 Å². The number of aromatic nitrogens is 2. The van der Waals surface area contributed by atoms with Gasteiger partial charge in [0.15, 0.2) is 17.9 Å². The van der Waals surface area contributed by atoms with E-state index in [0.29, 0.717) is 11.5 Å². The third kappa shape index (κ3) is 1.59. The Balaban J connectivity index is 2.15. The molecule has 0 saturated carbocycles. The fraction of sp³-hybridized carbons (Fsp3) is 0.333. The first kappa shape index (κ1) is 10.3. The van der Waals surface area contributed by atoms with E-state index in [0.717, 1.165) is 37.4 Å². The van der Waals surface area contributed by atoms with E-state index in [9.17, 15) is 4.79 Å². The summed E-state index contributed by atoms with van der Waals surface area (Å²) in [7, 11) is 2.04. The smallest absolute Gasteiger partial charge is 0.177 e. The SMILES string of the molecule is CN1CCn2c(-c3ccco3)nc(C=O)c2C1. The zero-order chi connectivity index (χ0) is 11.8. The summed E-state index contributed by atoms with van der Waals surface area (Å²) in [6.07, 6.45) is 2.43. The average Bonchev–Trinajstić information content (AvgIpc) is 2.94. The summed E-state index contributed by atoms with van der Waals surface area (Å²) in [5.74, 6) is 1.46. The first-order valence-electron chi connectivity index (χ1n) is 5.56. The lowest BCUT2D eigenvalue weighted by Gasteiger charge is -2.25. The third-order valence-electron chi connectivity index (χ3n) is 3.08. The summed E-state index contributed by atoms with van der Waals surface area (Å²) in [5, 5.41) is 0. The molecule has 17 heavy (non-hydrogen) atoms. The second-order valence-corrected chi connectivity index (χ2v) is 4.25. The minimum Gasteiger partial charge on any atom is -0.461 e. The number of furan rings is 1. The summed E-state index contributed by atoms with van der Waals surface area (Å²) in [4.78, 5) is 17.6. The van der Waals surface area contributed by atoms with E-state index < -0.39 is 0 Å². The molecule has 3 rings (SSSR count). The first-order chi connectivity index (χ1) is 8.29. The van der Waals surface area contributed by atoms with Gasteiger partial charge in [0.2, 0.25) is 0 Å². The van der Waals surface area contributed by atoms with Crippen molar-refractivity contribution in [2.75, 3.05) is 13.6 Å². The van der Waals surface area contributed by atoms with Gasteiger partial charge >= 0.3 is 0 Å². The Morgan fingerprint density at radius 2 is 2.35 bits per heavy atom. The molecule has 1 aliphatic heterocycles. The van der Waals surface area contributed by atoms with Gasteiger partial charge in [-0.25, -0.2) is 4.98 Å². The Morgan fingerprint density at radius 3 is 3.06 bits per heavy atom. The maximum atomic E-state index is 11.0. The van der Waals surface area contributed by atoms with Crippen LogP contribution < -0.4 is 0 Å². The van der Waals surface area contributed by atoms with E-state index >= 15 is 0 Å². The Bertz CT molecular complexity index is 542. The van der Waals surface area contributed by atoms with Crippen molar-refractivity contribution in [2.24, 2.45) is 0 Å². The van der Waals surface area contributed by atoms with E-state index in [1.807, 2.05) is 19.2 Å². The Labute approximate surface area is 98.7 Å². The maximum Gasteiger partial charge on any atom is 0.177 e. The number of imidazole rings is 1. The topological polar surface area (TPSA) is 51.3 Å². The third-order valence-corrected chi connectivity index (χ3v) is 3.08. The van der Waals surface area contributed by atoms with Crippen molar-refractivity contribution in [3.05, 3.63) is 29.8 Å². The summed E-state index contributed by atoms with van der Waals surface area (Å²) in [5.41, 5.74) is 1.49. The lowest BCUT2D eigenvalue weighted by molar-refractivity contribution is 0.111. The van der Waals surface area contributed by atoms with Gasteiger partial charge in [0.1, 0.15) is 5.69 Å². The van der Waals surface area contributed by atoms with Crippen LogP contribution in [0, 0.1) is 0 Å². The van der Waals surface area contributed by atoms with Crippen LogP contribution in [0.15, 0.2) is 22.8 Å². The van der Waals surface area contributed by atoms with Gasteiger partial charge in [-0.1, -0.05) is 0 Å². The molecule has 0 aromatic carbocycles. The van der Waals surface area contributed by atoms with E-state index in [2.05, 4.69) is 14.5 Å². The number of rotatable bonds is 2. The molecule has 0 N–H and O–H groups in total. The monoisotopic (exact) mass is 231 g/mol. The van der Waals surface area contributed by atoms with Crippen LogP contribution >= 0.6 is 0 Å². The van der Waals surface area contributed by atoms with E-state index in [1.165, 1.54) is 0 Å². The largest absolute Gasteiger partial charge is 0.461 e. The Morgan fingerprint density at radius 1 is 1.47 bits per heavy atom. The fourth-order valence-corrected chi connectivity index (χ4v) is 2.21. The molecular formula is C12H13N3O2. The van der Waals surface area contributed by atoms with Crippen LogP contribution in [0.3, 0.4) is 0 Å². The molecule has 0 fully saturated rings. The summed E-state index contributed by atoms with van der Waals surface area (Å²) in [6, 6.07) is 3.69. The average molecular weight is 231 g/mol. The van der Waals surface area contributed by atoms with Gasteiger partial charge in [0.05, 0.1) is 12.0 Å². The quantitative estimate of drug-likeness (QED) is 0.733. The van der Waals surface area contributed by atoms with Crippen LogP contribution in [-0.2, 0) is 13.1 Å². The van der Waals surface area contributed by atoms with Gasteiger partial charge in [-0.05, 0) is 19.2 Å². The van der Waals surface area contributed by atoms with Crippen LogP contribution in [0.4, 0.5) is 0 Å². The van der Waals surface area contributed by atoms with Crippen molar-refractivity contribution in [3.63, 3.8) is 0 Å². The predicted octanol–water partition coefficient (Wildman–Crippen LogP) is 1.40. The van der Waals surface area contributed by atoms with Gasteiger partial charge in [-0.3, -0.25) is 9.69 Å².